The van der Waals surface area contributed by atoms with Crippen LogP contribution in [-0.2, 0) is 6.42 Å². The summed E-state index contributed by atoms with van der Waals surface area (Å²) >= 11 is 9.20. The summed E-state index contributed by atoms with van der Waals surface area (Å²) in [5.74, 6) is -0.318. The zero-order valence-corrected chi connectivity index (χ0v) is 14.8. The highest BCUT2D eigenvalue weighted by Gasteiger charge is 2.13. The Morgan fingerprint density at radius 1 is 1.12 bits per heavy atom. The molecule has 1 aromatic heterocycles. The number of hydrogen-bond donors (Lipinski definition) is 1. The van der Waals surface area contributed by atoms with Gasteiger partial charge in [0.15, 0.2) is 0 Å². The molecule has 0 fully saturated rings. The first-order valence-corrected chi connectivity index (χ1v) is 8.37. The molecule has 0 radical (unpaired) electrons. The maximum Gasteiger partial charge on any atom is 0.292 e. The average Bonchev–Trinajstić information content (AvgIpc) is 3.07. The van der Waals surface area contributed by atoms with Crippen molar-refractivity contribution in [2.75, 3.05) is 6.54 Å². The van der Waals surface area contributed by atoms with Gasteiger partial charge in [0.05, 0.1) is 5.69 Å². The minimum Gasteiger partial charge on any atom is -0.349 e. The fraction of sp³-hybridized carbons (Fsp3) is 0.125. The summed E-state index contributed by atoms with van der Waals surface area (Å²) in [6.45, 7) is 0.479. The molecule has 122 valence electrons. The number of nitrogens with one attached hydrogen (secondary N) is 1. The van der Waals surface area contributed by atoms with E-state index in [9.17, 15) is 4.79 Å². The van der Waals surface area contributed by atoms with Gasteiger partial charge in [0.2, 0.25) is 0 Å². The lowest BCUT2D eigenvalue weighted by molar-refractivity contribution is 0.0943. The quantitative estimate of drug-likeness (QED) is 0.707. The molecule has 0 aliphatic heterocycles. The monoisotopic (exact) mass is 405 g/mol. The molecule has 0 spiro atoms. The van der Waals surface area contributed by atoms with Crippen LogP contribution in [0.4, 0.5) is 0 Å². The molecule has 0 aliphatic rings. The third kappa shape index (κ3) is 4.18. The van der Waals surface area contributed by atoms with Crippen molar-refractivity contribution in [2.45, 2.75) is 6.42 Å². The van der Waals surface area contributed by atoms with Gasteiger partial charge in [-0.1, -0.05) is 39.7 Å². The number of aromatic nitrogens is 4. The van der Waals surface area contributed by atoms with Gasteiger partial charge < -0.3 is 5.32 Å². The van der Waals surface area contributed by atoms with Crippen molar-refractivity contribution in [3.8, 4) is 5.69 Å². The smallest absolute Gasteiger partial charge is 0.292 e. The van der Waals surface area contributed by atoms with Gasteiger partial charge in [-0.25, -0.2) is 0 Å². The van der Waals surface area contributed by atoms with E-state index in [0.29, 0.717) is 18.0 Å². The number of halogens is 2. The third-order valence-electron chi connectivity index (χ3n) is 3.29. The van der Waals surface area contributed by atoms with Crippen LogP contribution in [-0.4, -0.2) is 32.7 Å². The summed E-state index contributed by atoms with van der Waals surface area (Å²) in [6.07, 6.45) is 0.698. The van der Waals surface area contributed by atoms with Crippen LogP contribution in [0.15, 0.2) is 53.0 Å². The summed E-state index contributed by atoms with van der Waals surface area (Å²) in [5.41, 5.74) is 1.82. The summed E-state index contributed by atoms with van der Waals surface area (Å²) in [6, 6.07) is 14.9. The van der Waals surface area contributed by atoms with Gasteiger partial charge in [-0.3, -0.25) is 4.79 Å². The molecule has 3 aromatic rings. The summed E-state index contributed by atoms with van der Waals surface area (Å²) in [4.78, 5) is 13.4. The summed E-state index contributed by atoms with van der Waals surface area (Å²) in [7, 11) is 0. The molecule has 1 N–H and O–H groups in total. The van der Waals surface area contributed by atoms with Gasteiger partial charge in [0, 0.05) is 16.0 Å². The lowest BCUT2D eigenvalue weighted by Crippen LogP contribution is -2.26. The summed E-state index contributed by atoms with van der Waals surface area (Å²) < 4.78 is 0.950. The van der Waals surface area contributed by atoms with Gasteiger partial charge in [-0.2, -0.15) is 0 Å². The van der Waals surface area contributed by atoms with Crippen molar-refractivity contribution in [3.63, 3.8) is 0 Å². The van der Waals surface area contributed by atoms with Crippen LogP contribution < -0.4 is 5.32 Å². The Balaban J connectivity index is 1.57. The standard InChI is InChI=1S/C16H13BrClN5O/c17-12-3-7-14(8-4-12)23-21-15(20-22-23)16(24)19-10-9-11-1-5-13(18)6-2-11/h1-8H,9-10H2,(H,19,24). The van der Waals surface area contributed by atoms with Crippen LogP contribution in [0.25, 0.3) is 5.69 Å². The van der Waals surface area contributed by atoms with Crippen LogP contribution in [0.3, 0.4) is 0 Å². The molecule has 0 aliphatic carbocycles. The highest BCUT2D eigenvalue weighted by molar-refractivity contribution is 9.10. The van der Waals surface area contributed by atoms with Crippen molar-refractivity contribution in [2.24, 2.45) is 0 Å². The molecule has 0 saturated heterocycles. The van der Waals surface area contributed by atoms with E-state index in [1.165, 1.54) is 4.80 Å². The van der Waals surface area contributed by atoms with E-state index < -0.39 is 0 Å². The summed E-state index contributed by atoms with van der Waals surface area (Å²) in [5, 5.41) is 15.3. The fourth-order valence-electron chi connectivity index (χ4n) is 2.04. The Kier molecular flexibility index (Phi) is 5.22. The Hall–Kier alpha value is -2.25. The van der Waals surface area contributed by atoms with E-state index in [0.717, 1.165) is 15.7 Å². The molecule has 0 unspecified atom stereocenters. The van der Waals surface area contributed by atoms with Crippen LogP contribution in [0.5, 0.6) is 0 Å². The lowest BCUT2D eigenvalue weighted by Gasteiger charge is -2.03. The van der Waals surface area contributed by atoms with Crippen LogP contribution in [0.1, 0.15) is 16.2 Å². The molecule has 2 aromatic carbocycles. The normalized spacial score (nSPS) is 10.6. The number of benzene rings is 2. The van der Waals surface area contributed by atoms with Crippen molar-refractivity contribution in [1.29, 1.82) is 0 Å². The number of carbonyl (C=O) groups is 1. The van der Waals surface area contributed by atoms with Crippen molar-refractivity contribution >= 4 is 33.4 Å². The molecule has 8 heteroatoms. The van der Waals surface area contributed by atoms with Gasteiger partial charge in [0.25, 0.3) is 11.7 Å². The first kappa shape index (κ1) is 16.6. The van der Waals surface area contributed by atoms with E-state index in [1.807, 2.05) is 48.5 Å². The number of rotatable bonds is 5. The van der Waals surface area contributed by atoms with Gasteiger partial charge in [0.1, 0.15) is 0 Å². The second-order valence-corrected chi connectivity index (χ2v) is 6.36. The molecule has 0 saturated carbocycles. The first-order chi connectivity index (χ1) is 11.6. The minimum absolute atomic E-state index is 0.0361. The Labute approximate surface area is 152 Å². The third-order valence-corrected chi connectivity index (χ3v) is 4.07. The van der Waals surface area contributed by atoms with E-state index in [1.54, 1.807) is 0 Å². The maximum atomic E-state index is 12.1. The maximum absolute atomic E-state index is 12.1. The molecule has 24 heavy (non-hydrogen) atoms. The fourth-order valence-corrected chi connectivity index (χ4v) is 2.43. The Bertz CT molecular complexity index is 832. The molecular formula is C16H13BrClN5O. The van der Waals surface area contributed by atoms with E-state index in [2.05, 4.69) is 36.7 Å². The zero-order chi connectivity index (χ0) is 16.9. The predicted molar refractivity (Wildman–Crippen MR) is 94.3 cm³/mol. The topological polar surface area (TPSA) is 72.7 Å². The number of tetrazole rings is 1. The minimum atomic E-state index is -0.354. The largest absolute Gasteiger partial charge is 0.349 e. The van der Waals surface area contributed by atoms with E-state index >= 15 is 0 Å². The molecule has 1 heterocycles. The molecular weight excluding hydrogens is 394 g/mol. The number of hydrogen-bond acceptors (Lipinski definition) is 4. The van der Waals surface area contributed by atoms with Crippen LogP contribution in [0.2, 0.25) is 5.02 Å². The van der Waals surface area contributed by atoms with Gasteiger partial charge in [-0.05, 0) is 53.6 Å². The molecule has 6 nitrogen and oxygen atoms in total. The Morgan fingerprint density at radius 3 is 2.54 bits per heavy atom. The molecule has 3 rings (SSSR count). The predicted octanol–water partition coefficient (Wildman–Crippen LogP) is 3.05. The number of amides is 1. The first-order valence-electron chi connectivity index (χ1n) is 7.20. The average molecular weight is 407 g/mol. The van der Waals surface area contributed by atoms with Crippen molar-refractivity contribution in [3.05, 3.63) is 69.4 Å². The van der Waals surface area contributed by atoms with E-state index in [-0.39, 0.29) is 11.7 Å². The van der Waals surface area contributed by atoms with Crippen molar-refractivity contribution < 1.29 is 4.79 Å². The van der Waals surface area contributed by atoms with Crippen LogP contribution >= 0.6 is 27.5 Å². The molecule has 0 atom stereocenters. The molecule has 1 amide bonds. The molecule has 0 bridgehead atoms. The highest BCUT2D eigenvalue weighted by Crippen LogP contribution is 2.12. The SMILES string of the molecule is O=C(NCCc1ccc(Cl)cc1)c1nnn(-c2ccc(Br)cc2)n1. The van der Waals surface area contributed by atoms with Gasteiger partial charge >= 0.3 is 0 Å². The number of carbonyl (C=O) groups excluding carboxylic acids is 1. The second kappa shape index (κ2) is 7.55. The number of nitrogens with zero attached hydrogens (tertiary/aromatic N) is 4. The lowest BCUT2D eigenvalue weighted by atomic mass is 10.1. The Morgan fingerprint density at radius 2 is 1.83 bits per heavy atom. The van der Waals surface area contributed by atoms with Crippen LogP contribution in [0, 0.1) is 0 Å². The van der Waals surface area contributed by atoms with Crippen molar-refractivity contribution in [1.82, 2.24) is 25.5 Å². The highest BCUT2D eigenvalue weighted by atomic mass is 79.9. The van der Waals surface area contributed by atoms with Gasteiger partial charge in [-0.15, -0.1) is 15.0 Å². The second-order valence-electron chi connectivity index (χ2n) is 5.01. The van der Waals surface area contributed by atoms with E-state index in [4.69, 9.17) is 11.6 Å². The zero-order valence-electron chi connectivity index (χ0n) is 12.5.